The van der Waals surface area contributed by atoms with Crippen molar-refractivity contribution < 1.29 is 36.4 Å². The maximum absolute atomic E-state index is 13.8. The molecule has 0 amide bonds. The average molecular weight is 395 g/mol. The summed E-state index contributed by atoms with van der Waals surface area (Å²) in [7, 11) is -2.43. The van der Waals surface area contributed by atoms with Crippen LogP contribution in [0.2, 0.25) is 0 Å². The van der Waals surface area contributed by atoms with Gasteiger partial charge in [-0.3, -0.25) is 4.79 Å². The second kappa shape index (κ2) is 9.13. The molecule has 1 aromatic carbocycles. The van der Waals surface area contributed by atoms with Gasteiger partial charge in [-0.15, -0.1) is 0 Å². The molecule has 146 valence electrons. The van der Waals surface area contributed by atoms with Crippen LogP contribution in [0.5, 0.6) is 0 Å². The van der Waals surface area contributed by atoms with E-state index in [1.165, 1.54) is 26.0 Å². The van der Waals surface area contributed by atoms with E-state index in [1.54, 1.807) is 23.8 Å². The minimum atomic E-state index is -5.26. The molecular formula is C16H20F3NO5S. The average Bonchev–Trinajstić information content (AvgIpc) is 2.54. The molecule has 26 heavy (non-hydrogen) atoms. The van der Waals surface area contributed by atoms with E-state index < -0.39 is 41.1 Å². The van der Waals surface area contributed by atoms with E-state index in [1.807, 2.05) is 0 Å². The lowest BCUT2D eigenvalue weighted by Gasteiger charge is -2.32. The molecule has 0 heterocycles. The summed E-state index contributed by atoms with van der Waals surface area (Å²) in [6, 6.07) is 5.82. The summed E-state index contributed by atoms with van der Waals surface area (Å²) in [5.41, 5.74) is -2.69. The van der Waals surface area contributed by atoms with Crippen molar-refractivity contribution in [1.29, 1.82) is 0 Å². The van der Waals surface area contributed by atoms with Crippen molar-refractivity contribution in [3.8, 4) is 0 Å². The Morgan fingerprint density at radius 1 is 1.08 bits per heavy atom. The van der Waals surface area contributed by atoms with Crippen LogP contribution in [-0.4, -0.2) is 41.1 Å². The monoisotopic (exact) mass is 395 g/mol. The van der Waals surface area contributed by atoms with Gasteiger partial charge in [0.15, 0.2) is 0 Å². The van der Waals surface area contributed by atoms with Crippen LogP contribution in [0.25, 0.3) is 0 Å². The summed E-state index contributed by atoms with van der Waals surface area (Å²) in [6.45, 7) is 3.96. The van der Waals surface area contributed by atoms with Gasteiger partial charge in [0.2, 0.25) is 5.54 Å². The van der Waals surface area contributed by atoms with Crippen molar-refractivity contribution in [2.75, 3.05) is 13.2 Å². The molecule has 1 N–H and O–H groups in total. The fraction of sp³-hybridized carbons (Fsp3) is 0.500. The van der Waals surface area contributed by atoms with E-state index in [-0.39, 0.29) is 18.1 Å². The SMILES string of the molecule is CCOC(=O)C[C@](NS(=O)c1ccc(C)cc1)(C(=O)OCC)C(F)(F)F. The normalized spacial score (nSPS) is 15.0. The summed E-state index contributed by atoms with van der Waals surface area (Å²) in [5, 5.41) is 0. The number of hydrogen-bond donors (Lipinski definition) is 1. The van der Waals surface area contributed by atoms with Gasteiger partial charge in [0.1, 0.15) is 11.0 Å². The fourth-order valence-electron chi connectivity index (χ4n) is 1.99. The van der Waals surface area contributed by atoms with E-state index >= 15 is 0 Å². The zero-order chi connectivity index (χ0) is 20.0. The molecule has 0 fully saturated rings. The van der Waals surface area contributed by atoms with E-state index in [9.17, 15) is 27.0 Å². The van der Waals surface area contributed by atoms with E-state index in [0.29, 0.717) is 0 Å². The van der Waals surface area contributed by atoms with Crippen LogP contribution in [0.3, 0.4) is 0 Å². The van der Waals surface area contributed by atoms with Crippen molar-refractivity contribution >= 4 is 22.9 Å². The number of aryl methyl sites for hydroxylation is 1. The lowest BCUT2D eigenvalue weighted by atomic mass is 9.96. The molecule has 0 radical (unpaired) electrons. The van der Waals surface area contributed by atoms with Crippen LogP contribution < -0.4 is 4.72 Å². The standard InChI is InChI=1S/C16H20F3NO5S/c1-4-24-13(21)10-15(16(17,18)19,14(22)25-5-2)20-26(23)12-8-6-11(3)7-9-12/h6-9,20H,4-5,10H2,1-3H3/t15-,26?/m0/s1. The Morgan fingerprint density at radius 2 is 1.62 bits per heavy atom. The van der Waals surface area contributed by atoms with Crippen molar-refractivity contribution in [1.82, 2.24) is 4.72 Å². The lowest BCUT2D eigenvalue weighted by Crippen LogP contribution is -2.64. The predicted molar refractivity (Wildman–Crippen MR) is 87.4 cm³/mol. The van der Waals surface area contributed by atoms with Crippen molar-refractivity contribution in [3.63, 3.8) is 0 Å². The molecular weight excluding hydrogens is 375 g/mol. The van der Waals surface area contributed by atoms with Crippen LogP contribution in [0.4, 0.5) is 13.2 Å². The van der Waals surface area contributed by atoms with Gasteiger partial charge in [-0.2, -0.15) is 13.2 Å². The molecule has 0 aliphatic carbocycles. The first-order chi connectivity index (χ1) is 12.1. The first-order valence-corrected chi connectivity index (χ1v) is 8.88. The minimum Gasteiger partial charge on any atom is -0.466 e. The molecule has 1 aromatic rings. The van der Waals surface area contributed by atoms with Gasteiger partial charge in [0.05, 0.1) is 24.5 Å². The highest BCUT2D eigenvalue weighted by Crippen LogP contribution is 2.36. The summed E-state index contributed by atoms with van der Waals surface area (Å²) >= 11 is 0. The molecule has 1 rings (SSSR count). The molecule has 0 aliphatic heterocycles. The Morgan fingerprint density at radius 3 is 2.08 bits per heavy atom. The Bertz CT molecular complexity index is 663. The number of rotatable bonds is 8. The van der Waals surface area contributed by atoms with E-state index in [0.717, 1.165) is 5.56 Å². The largest absolute Gasteiger partial charge is 0.466 e. The van der Waals surface area contributed by atoms with Crippen LogP contribution in [0.15, 0.2) is 29.2 Å². The lowest BCUT2D eigenvalue weighted by molar-refractivity contribution is -0.213. The van der Waals surface area contributed by atoms with Gasteiger partial charge in [-0.05, 0) is 32.9 Å². The number of esters is 2. The second-order valence-electron chi connectivity index (χ2n) is 5.29. The first kappa shape index (κ1) is 22.1. The number of ether oxygens (including phenoxy) is 2. The molecule has 0 aliphatic rings. The van der Waals surface area contributed by atoms with E-state index in [2.05, 4.69) is 9.47 Å². The molecule has 6 nitrogen and oxygen atoms in total. The van der Waals surface area contributed by atoms with Crippen LogP contribution >= 0.6 is 0 Å². The number of carbonyl (C=O) groups is 2. The molecule has 0 saturated heterocycles. The molecule has 0 bridgehead atoms. The number of halogens is 3. The summed E-state index contributed by atoms with van der Waals surface area (Å²) in [5.74, 6) is -3.02. The molecule has 0 aromatic heterocycles. The van der Waals surface area contributed by atoms with Crippen molar-refractivity contribution in [3.05, 3.63) is 29.8 Å². The van der Waals surface area contributed by atoms with Gasteiger partial charge < -0.3 is 9.47 Å². The Hall–Kier alpha value is -1.94. The Balaban J connectivity index is 3.31. The van der Waals surface area contributed by atoms with Crippen LogP contribution in [-0.2, 0) is 30.0 Å². The third-order valence-corrected chi connectivity index (χ3v) is 4.56. The highest BCUT2D eigenvalue weighted by Gasteiger charge is 2.64. The number of alkyl halides is 3. The highest BCUT2D eigenvalue weighted by atomic mass is 32.2. The van der Waals surface area contributed by atoms with Crippen molar-refractivity contribution in [2.24, 2.45) is 0 Å². The van der Waals surface area contributed by atoms with Gasteiger partial charge in [0, 0.05) is 0 Å². The number of hydrogen-bond acceptors (Lipinski definition) is 5. The fourth-order valence-corrected chi connectivity index (χ4v) is 3.07. The maximum atomic E-state index is 13.8. The molecule has 0 spiro atoms. The van der Waals surface area contributed by atoms with Gasteiger partial charge in [-0.1, -0.05) is 17.7 Å². The van der Waals surface area contributed by atoms with Crippen LogP contribution in [0.1, 0.15) is 25.8 Å². The zero-order valence-electron chi connectivity index (χ0n) is 14.5. The summed E-state index contributed by atoms with van der Waals surface area (Å²) < 4.78 is 64.6. The van der Waals surface area contributed by atoms with Gasteiger partial charge in [-0.25, -0.2) is 13.7 Å². The summed E-state index contributed by atoms with van der Waals surface area (Å²) in [6.07, 6.45) is -6.66. The molecule has 1 unspecified atom stereocenters. The third-order valence-electron chi connectivity index (χ3n) is 3.32. The minimum absolute atomic E-state index is 0.0115. The smallest absolute Gasteiger partial charge is 0.418 e. The number of benzene rings is 1. The highest BCUT2D eigenvalue weighted by molar-refractivity contribution is 7.83. The Kier molecular flexibility index (Phi) is 7.76. The second-order valence-corrected chi connectivity index (χ2v) is 6.50. The third kappa shape index (κ3) is 5.28. The van der Waals surface area contributed by atoms with Gasteiger partial charge in [0.25, 0.3) is 0 Å². The first-order valence-electron chi connectivity index (χ1n) is 7.73. The van der Waals surface area contributed by atoms with Gasteiger partial charge >= 0.3 is 18.1 Å². The topological polar surface area (TPSA) is 81.7 Å². The maximum Gasteiger partial charge on any atom is 0.418 e. The summed E-state index contributed by atoms with van der Waals surface area (Å²) in [4.78, 5) is 23.8. The van der Waals surface area contributed by atoms with Crippen LogP contribution in [0, 0.1) is 6.92 Å². The molecule has 2 atom stereocenters. The predicted octanol–water partition coefficient (Wildman–Crippen LogP) is 2.42. The number of carbonyl (C=O) groups excluding carboxylic acids is 2. The van der Waals surface area contributed by atoms with Crippen molar-refractivity contribution in [2.45, 2.75) is 43.8 Å². The Labute approximate surface area is 151 Å². The van der Waals surface area contributed by atoms with E-state index in [4.69, 9.17) is 0 Å². The molecule has 0 saturated carbocycles. The quantitative estimate of drug-likeness (QED) is 0.684. The zero-order valence-corrected chi connectivity index (χ0v) is 15.3. The molecule has 10 heteroatoms. The number of nitrogens with one attached hydrogen (secondary N) is 1.